The van der Waals surface area contributed by atoms with Crippen LogP contribution in [0.25, 0.3) is 0 Å². The van der Waals surface area contributed by atoms with Gasteiger partial charge in [0.1, 0.15) is 6.04 Å². The van der Waals surface area contributed by atoms with Crippen molar-refractivity contribution in [1.29, 1.82) is 0 Å². The van der Waals surface area contributed by atoms with Crippen LogP contribution in [0.1, 0.15) is 36.9 Å². The molecule has 0 saturated carbocycles. The molecule has 0 amide bonds. The zero-order valence-corrected chi connectivity index (χ0v) is 14.5. The highest BCUT2D eigenvalue weighted by Gasteiger charge is 2.32. The van der Waals surface area contributed by atoms with Crippen molar-refractivity contribution in [2.45, 2.75) is 32.2 Å². The van der Waals surface area contributed by atoms with E-state index in [0.717, 1.165) is 24.2 Å². The Balaban J connectivity index is 1.82. The van der Waals surface area contributed by atoms with Crippen molar-refractivity contribution in [2.75, 3.05) is 18.1 Å². The van der Waals surface area contributed by atoms with Crippen molar-refractivity contribution >= 4 is 17.4 Å². The van der Waals surface area contributed by atoms with Gasteiger partial charge in [0, 0.05) is 25.6 Å². The van der Waals surface area contributed by atoms with E-state index in [2.05, 4.69) is 17.0 Å². The van der Waals surface area contributed by atoms with Crippen LogP contribution in [0.15, 0.2) is 54.6 Å². The number of ketones is 1. The molecular weight excluding hydrogens is 314 g/mol. The van der Waals surface area contributed by atoms with Crippen LogP contribution in [0, 0.1) is 0 Å². The van der Waals surface area contributed by atoms with E-state index in [-0.39, 0.29) is 17.8 Å². The molecule has 1 aliphatic rings. The number of rotatable bonds is 6. The van der Waals surface area contributed by atoms with Crippen molar-refractivity contribution in [3.8, 4) is 0 Å². The number of esters is 1. The van der Waals surface area contributed by atoms with Crippen molar-refractivity contribution in [1.82, 2.24) is 0 Å². The number of nitrogens with zero attached hydrogens (tertiary/aromatic N) is 1. The minimum Gasteiger partial charge on any atom is -0.466 e. The van der Waals surface area contributed by atoms with Gasteiger partial charge in [-0.25, -0.2) is 0 Å². The molecule has 0 aliphatic carbocycles. The van der Waals surface area contributed by atoms with Gasteiger partial charge >= 0.3 is 5.97 Å². The molecule has 3 rings (SSSR count). The molecule has 0 unspecified atom stereocenters. The summed E-state index contributed by atoms with van der Waals surface area (Å²) in [5.41, 5.74) is 3.40. The first-order valence-corrected chi connectivity index (χ1v) is 8.72. The van der Waals surface area contributed by atoms with Gasteiger partial charge in [0.15, 0.2) is 5.78 Å². The smallest absolute Gasteiger partial charge is 0.302 e. The van der Waals surface area contributed by atoms with E-state index in [9.17, 15) is 9.59 Å². The zero-order chi connectivity index (χ0) is 17.6. The van der Waals surface area contributed by atoms with Crippen LogP contribution in [0.5, 0.6) is 0 Å². The molecule has 4 heteroatoms. The van der Waals surface area contributed by atoms with E-state index in [1.807, 2.05) is 42.5 Å². The van der Waals surface area contributed by atoms with Gasteiger partial charge in [-0.15, -0.1) is 0 Å². The zero-order valence-electron chi connectivity index (χ0n) is 14.5. The van der Waals surface area contributed by atoms with E-state index in [0.29, 0.717) is 19.4 Å². The van der Waals surface area contributed by atoms with E-state index < -0.39 is 0 Å². The summed E-state index contributed by atoms with van der Waals surface area (Å²) in [6, 6.07) is 18.0. The minimum absolute atomic E-state index is 0.170. The number of benzene rings is 2. The van der Waals surface area contributed by atoms with Gasteiger partial charge in [0.25, 0.3) is 0 Å². The van der Waals surface area contributed by atoms with Gasteiger partial charge in [0.2, 0.25) is 0 Å². The normalized spacial score (nSPS) is 16.2. The maximum atomic E-state index is 13.0. The molecule has 0 N–H and O–H groups in total. The second-order valence-electron chi connectivity index (χ2n) is 6.29. The standard InChI is InChI=1S/C21H23NO3/c1-16(23)25-15-7-12-20(24)21-19-11-6-5-8-17(19)13-14-22(21)18-9-3-2-4-10-18/h2-6,8-11,21H,7,12-15H2,1H3/t21-/m0/s1. The van der Waals surface area contributed by atoms with Crippen LogP contribution < -0.4 is 4.90 Å². The molecule has 0 fully saturated rings. The molecule has 1 heterocycles. The number of anilines is 1. The molecule has 0 bridgehead atoms. The van der Waals surface area contributed by atoms with Crippen LogP contribution >= 0.6 is 0 Å². The molecule has 0 saturated heterocycles. The van der Waals surface area contributed by atoms with Gasteiger partial charge < -0.3 is 9.64 Å². The van der Waals surface area contributed by atoms with Crippen LogP contribution in [-0.4, -0.2) is 24.9 Å². The third-order valence-electron chi connectivity index (χ3n) is 4.55. The summed E-state index contributed by atoms with van der Waals surface area (Å²) >= 11 is 0. The summed E-state index contributed by atoms with van der Waals surface area (Å²) in [6.07, 6.45) is 1.89. The Kier molecular flexibility index (Phi) is 5.49. The molecule has 1 atom stereocenters. The molecule has 2 aromatic rings. The van der Waals surface area contributed by atoms with Crippen LogP contribution in [0.4, 0.5) is 5.69 Å². The average molecular weight is 337 g/mol. The van der Waals surface area contributed by atoms with Gasteiger partial charge in [0.05, 0.1) is 6.61 Å². The van der Waals surface area contributed by atoms with Crippen LogP contribution in [0.2, 0.25) is 0 Å². The second-order valence-corrected chi connectivity index (χ2v) is 6.29. The van der Waals surface area contributed by atoms with Crippen molar-refractivity contribution in [2.24, 2.45) is 0 Å². The Bertz CT molecular complexity index is 742. The van der Waals surface area contributed by atoms with E-state index in [1.54, 1.807) is 0 Å². The first kappa shape index (κ1) is 17.2. The Morgan fingerprint density at radius 1 is 1.08 bits per heavy atom. The molecule has 1 aliphatic heterocycles. The molecule has 25 heavy (non-hydrogen) atoms. The highest BCUT2D eigenvalue weighted by Crippen LogP contribution is 2.35. The number of ether oxygens (including phenoxy) is 1. The summed E-state index contributed by atoms with van der Waals surface area (Å²) in [4.78, 5) is 26.1. The molecular formula is C21H23NO3. The summed E-state index contributed by atoms with van der Waals surface area (Å²) in [7, 11) is 0. The number of hydrogen-bond donors (Lipinski definition) is 0. The molecule has 0 spiro atoms. The third-order valence-corrected chi connectivity index (χ3v) is 4.55. The summed E-state index contributed by atoms with van der Waals surface area (Å²) in [5, 5.41) is 0. The molecule has 0 radical (unpaired) electrons. The third kappa shape index (κ3) is 4.08. The quantitative estimate of drug-likeness (QED) is 0.595. The van der Waals surface area contributed by atoms with Gasteiger partial charge in [-0.3, -0.25) is 9.59 Å². The number of fused-ring (bicyclic) bond motifs is 1. The fraction of sp³-hybridized carbons (Fsp3) is 0.333. The van der Waals surface area contributed by atoms with Crippen LogP contribution in [-0.2, 0) is 20.7 Å². The monoisotopic (exact) mass is 337 g/mol. The molecule has 2 aromatic carbocycles. The molecule has 4 nitrogen and oxygen atoms in total. The topological polar surface area (TPSA) is 46.6 Å². The number of carbonyl (C=O) groups excluding carboxylic acids is 2. The lowest BCUT2D eigenvalue weighted by atomic mass is 9.88. The van der Waals surface area contributed by atoms with E-state index in [4.69, 9.17) is 4.74 Å². The largest absolute Gasteiger partial charge is 0.466 e. The van der Waals surface area contributed by atoms with E-state index >= 15 is 0 Å². The lowest BCUT2D eigenvalue weighted by Gasteiger charge is -2.38. The van der Waals surface area contributed by atoms with Gasteiger partial charge in [-0.1, -0.05) is 42.5 Å². The van der Waals surface area contributed by atoms with Crippen LogP contribution in [0.3, 0.4) is 0 Å². The lowest BCUT2D eigenvalue weighted by molar-refractivity contribution is -0.141. The lowest BCUT2D eigenvalue weighted by Crippen LogP contribution is -2.40. The predicted octanol–water partition coefficient (Wildman–Crippen LogP) is 3.70. The predicted molar refractivity (Wildman–Crippen MR) is 97.5 cm³/mol. The first-order valence-electron chi connectivity index (χ1n) is 8.72. The fourth-order valence-electron chi connectivity index (χ4n) is 3.41. The number of para-hydroxylation sites is 1. The van der Waals surface area contributed by atoms with Gasteiger partial charge in [-0.05, 0) is 36.1 Å². The highest BCUT2D eigenvalue weighted by atomic mass is 16.5. The number of carbonyl (C=O) groups is 2. The summed E-state index contributed by atoms with van der Waals surface area (Å²) in [6.45, 7) is 2.50. The van der Waals surface area contributed by atoms with E-state index in [1.165, 1.54) is 12.5 Å². The Labute approximate surface area is 148 Å². The molecule has 0 aromatic heterocycles. The Hall–Kier alpha value is -2.62. The summed E-state index contributed by atoms with van der Waals surface area (Å²) in [5.74, 6) is -0.135. The number of hydrogen-bond acceptors (Lipinski definition) is 4. The fourth-order valence-corrected chi connectivity index (χ4v) is 3.41. The SMILES string of the molecule is CC(=O)OCCCC(=O)[C@@H]1c2ccccc2CCN1c1ccccc1. The maximum Gasteiger partial charge on any atom is 0.302 e. The maximum absolute atomic E-state index is 13.0. The molecule has 130 valence electrons. The van der Waals surface area contributed by atoms with Crippen molar-refractivity contribution in [3.05, 3.63) is 65.7 Å². The number of Topliss-reactive ketones (excluding diaryl/α,β-unsaturated/α-hetero) is 1. The summed E-state index contributed by atoms with van der Waals surface area (Å²) < 4.78 is 4.96. The minimum atomic E-state index is -0.304. The second kappa shape index (κ2) is 7.97. The van der Waals surface area contributed by atoms with Crippen molar-refractivity contribution < 1.29 is 14.3 Å². The Morgan fingerprint density at radius 3 is 2.56 bits per heavy atom. The average Bonchev–Trinajstić information content (AvgIpc) is 2.64. The first-order chi connectivity index (χ1) is 12.2. The van der Waals surface area contributed by atoms with Crippen molar-refractivity contribution in [3.63, 3.8) is 0 Å². The van der Waals surface area contributed by atoms with Gasteiger partial charge in [-0.2, -0.15) is 0 Å². The highest BCUT2D eigenvalue weighted by molar-refractivity contribution is 5.89. The Morgan fingerprint density at radius 2 is 1.80 bits per heavy atom.